The van der Waals surface area contributed by atoms with E-state index in [-0.39, 0.29) is 0 Å². The van der Waals surface area contributed by atoms with Crippen LogP contribution in [0.25, 0.3) is 0 Å². The largest absolute Gasteiger partial charge is 0.386 e. The summed E-state index contributed by atoms with van der Waals surface area (Å²) < 4.78 is 0. The third-order valence-corrected chi connectivity index (χ3v) is 3.32. The molecule has 0 heterocycles. The number of rotatable bonds is 4. The predicted molar refractivity (Wildman–Crippen MR) is 65.8 cm³/mol. The first-order valence-corrected chi connectivity index (χ1v) is 6.19. The number of aliphatic hydroxyl groups is 1. The van der Waals surface area contributed by atoms with Gasteiger partial charge in [0.1, 0.15) is 0 Å². The smallest absolute Gasteiger partial charge is 0.0831 e. The maximum Gasteiger partial charge on any atom is 0.0831 e. The summed E-state index contributed by atoms with van der Waals surface area (Å²) in [6.07, 6.45) is 13.2. The Morgan fingerprint density at radius 3 is 2.87 bits per heavy atom. The average Bonchev–Trinajstić information content (AvgIpc) is 2.13. The Hall–Kier alpha value is -0.560. The van der Waals surface area contributed by atoms with Crippen LogP contribution in [0.15, 0.2) is 24.3 Å². The quantitative estimate of drug-likeness (QED) is 0.693. The molecule has 1 aliphatic rings. The molecular formula is C14H24O. The van der Waals surface area contributed by atoms with Gasteiger partial charge >= 0.3 is 0 Å². The summed E-state index contributed by atoms with van der Waals surface area (Å²) >= 11 is 0. The molecule has 1 unspecified atom stereocenters. The van der Waals surface area contributed by atoms with Crippen LogP contribution in [-0.2, 0) is 0 Å². The van der Waals surface area contributed by atoms with Crippen LogP contribution in [0.3, 0.4) is 0 Å². The second kappa shape index (κ2) is 6.12. The normalized spacial score (nSPS) is 25.6. The molecule has 1 heteroatoms. The average molecular weight is 208 g/mol. The van der Waals surface area contributed by atoms with E-state index in [4.69, 9.17) is 0 Å². The molecular weight excluding hydrogens is 184 g/mol. The molecule has 1 N–H and O–H groups in total. The molecule has 1 rings (SSSR count). The lowest BCUT2D eigenvalue weighted by Crippen LogP contribution is -2.27. The zero-order valence-electron chi connectivity index (χ0n) is 9.97. The number of hydrogen-bond donors (Lipinski definition) is 1. The van der Waals surface area contributed by atoms with Gasteiger partial charge in [0.2, 0.25) is 0 Å². The molecule has 0 aromatic carbocycles. The second-order valence-corrected chi connectivity index (χ2v) is 4.78. The van der Waals surface area contributed by atoms with Crippen molar-refractivity contribution in [2.75, 3.05) is 0 Å². The standard InChI is InChI=1S/C14H24O/c1-3-4-12-14(2,15)13-10-8-6-5-7-9-11-13/h3,10,15H,1,4-9,11-12H2,2H3/b13-10+. The van der Waals surface area contributed by atoms with Gasteiger partial charge in [0.25, 0.3) is 0 Å². The van der Waals surface area contributed by atoms with Crippen molar-refractivity contribution in [1.82, 2.24) is 0 Å². The maximum absolute atomic E-state index is 10.4. The van der Waals surface area contributed by atoms with Crippen LogP contribution in [0.2, 0.25) is 0 Å². The summed E-state index contributed by atoms with van der Waals surface area (Å²) in [6.45, 7) is 5.66. The lowest BCUT2D eigenvalue weighted by Gasteiger charge is -2.27. The fourth-order valence-electron chi connectivity index (χ4n) is 2.22. The van der Waals surface area contributed by atoms with Crippen LogP contribution in [0.5, 0.6) is 0 Å². The monoisotopic (exact) mass is 208 g/mol. The van der Waals surface area contributed by atoms with Crippen LogP contribution in [0.4, 0.5) is 0 Å². The first-order valence-electron chi connectivity index (χ1n) is 6.19. The molecule has 1 atom stereocenters. The zero-order valence-corrected chi connectivity index (χ0v) is 9.97. The Balaban J connectivity index is 2.60. The van der Waals surface area contributed by atoms with Crippen LogP contribution in [-0.4, -0.2) is 10.7 Å². The molecule has 1 nitrogen and oxygen atoms in total. The van der Waals surface area contributed by atoms with Crippen molar-refractivity contribution in [1.29, 1.82) is 0 Å². The van der Waals surface area contributed by atoms with Crippen molar-refractivity contribution in [3.05, 3.63) is 24.3 Å². The van der Waals surface area contributed by atoms with Gasteiger partial charge in [-0.2, -0.15) is 0 Å². The highest BCUT2D eigenvalue weighted by molar-refractivity contribution is 5.16. The summed E-state index contributed by atoms with van der Waals surface area (Å²) in [6, 6.07) is 0. The van der Waals surface area contributed by atoms with E-state index in [0.717, 1.165) is 25.7 Å². The topological polar surface area (TPSA) is 20.2 Å². The molecule has 0 aliphatic heterocycles. The highest BCUT2D eigenvalue weighted by atomic mass is 16.3. The molecule has 86 valence electrons. The fraction of sp³-hybridized carbons (Fsp3) is 0.714. The van der Waals surface area contributed by atoms with Gasteiger partial charge in [-0.05, 0) is 51.0 Å². The SMILES string of the molecule is C=CCCC(C)(O)/C1=C/CCCCCC1. The van der Waals surface area contributed by atoms with Crippen molar-refractivity contribution < 1.29 is 5.11 Å². The summed E-state index contributed by atoms with van der Waals surface area (Å²) in [5.41, 5.74) is 0.648. The summed E-state index contributed by atoms with van der Waals surface area (Å²) in [7, 11) is 0. The summed E-state index contributed by atoms with van der Waals surface area (Å²) in [5.74, 6) is 0. The van der Waals surface area contributed by atoms with Crippen molar-refractivity contribution >= 4 is 0 Å². The van der Waals surface area contributed by atoms with Gasteiger partial charge in [-0.3, -0.25) is 0 Å². The Kier molecular flexibility index (Phi) is 5.10. The van der Waals surface area contributed by atoms with Gasteiger partial charge in [-0.15, -0.1) is 6.58 Å². The van der Waals surface area contributed by atoms with Gasteiger partial charge in [-0.1, -0.05) is 25.0 Å². The zero-order chi connectivity index (χ0) is 11.1. The molecule has 0 radical (unpaired) electrons. The third kappa shape index (κ3) is 4.21. The van der Waals surface area contributed by atoms with Crippen LogP contribution in [0, 0.1) is 0 Å². The highest BCUT2D eigenvalue weighted by Gasteiger charge is 2.24. The van der Waals surface area contributed by atoms with E-state index in [2.05, 4.69) is 12.7 Å². The van der Waals surface area contributed by atoms with Crippen molar-refractivity contribution in [2.24, 2.45) is 0 Å². The second-order valence-electron chi connectivity index (χ2n) is 4.78. The molecule has 0 aromatic heterocycles. The van der Waals surface area contributed by atoms with E-state index in [9.17, 15) is 5.11 Å². The van der Waals surface area contributed by atoms with E-state index < -0.39 is 5.60 Å². The molecule has 0 bridgehead atoms. The maximum atomic E-state index is 10.4. The van der Waals surface area contributed by atoms with Crippen LogP contribution < -0.4 is 0 Å². The third-order valence-electron chi connectivity index (χ3n) is 3.32. The minimum atomic E-state index is -0.606. The predicted octanol–water partition coefficient (Wildman–Crippen LogP) is 3.98. The van der Waals surface area contributed by atoms with Gasteiger partial charge in [-0.25, -0.2) is 0 Å². The van der Waals surface area contributed by atoms with E-state index in [1.165, 1.54) is 31.3 Å². The van der Waals surface area contributed by atoms with E-state index in [1.807, 2.05) is 13.0 Å². The Labute approximate surface area is 93.9 Å². The van der Waals surface area contributed by atoms with Crippen molar-refractivity contribution in [2.45, 2.75) is 63.9 Å². The Morgan fingerprint density at radius 1 is 1.40 bits per heavy atom. The van der Waals surface area contributed by atoms with Crippen LogP contribution in [0.1, 0.15) is 58.3 Å². The number of hydrogen-bond acceptors (Lipinski definition) is 1. The highest BCUT2D eigenvalue weighted by Crippen LogP contribution is 2.29. The van der Waals surface area contributed by atoms with Gasteiger partial charge in [0, 0.05) is 0 Å². The summed E-state index contributed by atoms with van der Waals surface area (Å²) in [4.78, 5) is 0. The molecule has 1 aliphatic carbocycles. The van der Waals surface area contributed by atoms with Gasteiger partial charge in [0.15, 0.2) is 0 Å². The number of allylic oxidation sites excluding steroid dienone is 2. The Morgan fingerprint density at radius 2 is 2.13 bits per heavy atom. The molecule has 0 amide bonds. The van der Waals surface area contributed by atoms with Crippen LogP contribution >= 0.6 is 0 Å². The van der Waals surface area contributed by atoms with E-state index in [1.54, 1.807) is 0 Å². The molecule has 0 spiro atoms. The minimum absolute atomic E-state index is 0.606. The first-order chi connectivity index (χ1) is 7.17. The molecule has 0 aromatic rings. The minimum Gasteiger partial charge on any atom is -0.386 e. The molecule has 0 fully saturated rings. The Bertz CT molecular complexity index is 225. The molecule has 0 saturated carbocycles. The fourth-order valence-corrected chi connectivity index (χ4v) is 2.22. The molecule has 15 heavy (non-hydrogen) atoms. The van der Waals surface area contributed by atoms with Gasteiger partial charge in [0.05, 0.1) is 5.60 Å². The lowest BCUT2D eigenvalue weighted by atomic mass is 9.85. The van der Waals surface area contributed by atoms with E-state index >= 15 is 0 Å². The van der Waals surface area contributed by atoms with E-state index in [0.29, 0.717) is 0 Å². The van der Waals surface area contributed by atoms with Crippen molar-refractivity contribution in [3.8, 4) is 0 Å². The molecule has 0 saturated heterocycles. The van der Waals surface area contributed by atoms with Crippen molar-refractivity contribution in [3.63, 3.8) is 0 Å². The first kappa shape index (κ1) is 12.5. The lowest BCUT2D eigenvalue weighted by molar-refractivity contribution is 0.0852. The summed E-state index contributed by atoms with van der Waals surface area (Å²) in [5, 5.41) is 10.4. The van der Waals surface area contributed by atoms with Gasteiger partial charge < -0.3 is 5.11 Å².